The number of hydrogen-bond donors (Lipinski definition) is 4. The number of rotatable bonds is 6. The second-order valence-corrected chi connectivity index (χ2v) is 5.23. The molecule has 2 amide bonds. The summed E-state index contributed by atoms with van der Waals surface area (Å²) in [4.78, 5) is 34.4. The van der Waals surface area contributed by atoms with Crippen molar-refractivity contribution in [2.24, 2.45) is 0 Å². The number of nitrogens with zero attached hydrogens (tertiary/aromatic N) is 1. The maximum absolute atomic E-state index is 11.8. The fourth-order valence-corrected chi connectivity index (χ4v) is 2.34. The molecule has 1 aliphatic carbocycles. The highest BCUT2D eigenvalue weighted by Crippen LogP contribution is 2.29. The van der Waals surface area contributed by atoms with Gasteiger partial charge in [0.15, 0.2) is 0 Å². The first-order chi connectivity index (χ1) is 9.23. The second kappa shape index (κ2) is 6.56. The van der Waals surface area contributed by atoms with E-state index in [1.54, 1.807) is 0 Å². The first kappa shape index (κ1) is 16.2. The van der Waals surface area contributed by atoms with Gasteiger partial charge in [-0.1, -0.05) is 12.8 Å². The van der Waals surface area contributed by atoms with Crippen LogP contribution in [0.4, 0.5) is 4.79 Å². The summed E-state index contributed by atoms with van der Waals surface area (Å²) in [5.41, 5.74) is -0.933. The molecular formula is C12H20N2O6. The molecule has 0 saturated heterocycles. The standard InChI is InChI=1S/C12H20N2O6/c1-14(7-12(20)4-2-3-5-12)11(19)13-8(10(17)18)6-9(15)16/h8,20H,2-7H2,1H3,(H,13,19)(H,15,16)(H,17,18). The molecule has 0 aliphatic heterocycles. The van der Waals surface area contributed by atoms with Gasteiger partial charge < -0.3 is 25.5 Å². The van der Waals surface area contributed by atoms with Crippen molar-refractivity contribution in [3.8, 4) is 0 Å². The monoisotopic (exact) mass is 288 g/mol. The van der Waals surface area contributed by atoms with Crippen molar-refractivity contribution in [1.29, 1.82) is 0 Å². The molecule has 1 unspecified atom stereocenters. The highest BCUT2D eigenvalue weighted by atomic mass is 16.4. The van der Waals surface area contributed by atoms with E-state index in [-0.39, 0.29) is 6.54 Å². The van der Waals surface area contributed by atoms with Gasteiger partial charge in [-0.2, -0.15) is 0 Å². The SMILES string of the molecule is CN(CC1(O)CCCC1)C(=O)NC(CC(=O)O)C(=O)O. The lowest BCUT2D eigenvalue weighted by molar-refractivity contribution is -0.145. The Balaban J connectivity index is 2.54. The lowest BCUT2D eigenvalue weighted by atomic mass is 10.0. The fourth-order valence-electron chi connectivity index (χ4n) is 2.34. The van der Waals surface area contributed by atoms with E-state index >= 15 is 0 Å². The lowest BCUT2D eigenvalue weighted by Crippen LogP contribution is -2.51. The number of carbonyl (C=O) groups is 3. The van der Waals surface area contributed by atoms with Crippen LogP contribution in [0.5, 0.6) is 0 Å². The summed E-state index contributed by atoms with van der Waals surface area (Å²) >= 11 is 0. The molecule has 1 atom stereocenters. The van der Waals surface area contributed by atoms with Crippen LogP contribution < -0.4 is 5.32 Å². The summed E-state index contributed by atoms with van der Waals surface area (Å²) in [6.07, 6.45) is 2.29. The Morgan fingerprint density at radius 1 is 1.25 bits per heavy atom. The van der Waals surface area contributed by atoms with E-state index in [1.165, 1.54) is 11.9 Å². The Kier molecular flexibility index (Phi) is 5.32. The van der Waals surface area contributed by atoms with Crippen molar-refractivity contribution in [1.82, 2.24) is 10.2 Å². The van der Waals surface area contributed by atoms with Crippen LogP contribution in [0, 0.1) is 0 Å². The molecule has 1 rings (SSSR count). The number of carboxylic acids is 2. The summed E-state index contributed by atoms with van der Waals surface area (Å²) < 4.78 is 0. The summed E-state index contributed by atoms with van der Waals surface area (Å²) in [5, 5.41) is 29.7. The Morgan fingerprint density at radius 2 is 1.80 bits per heavy atom. The van der Waals surface area contributed by atoms with Crippen molar-refractivity contribution in [2.75, 3.05) is 13.6 Å². The Hall–Kier alpha value is -1.83. The molecule has 20 heavy (non-hydrogen) atoms. The normalized spacial score (nSPS) is 18.3. The van der Waals surface area contributed by atoms with Gasteiger partial charge in [-0.3, -0.25) is 4.79 Å². The predicted molar refractivity (Wildman–Crippen MR) is 68.3 cm³/mol. The molecule has 8 nitrogen and oxygen atoms in total. The van der Waals surface area contributed by atoms with Crippen molar-refractivity contribution in [3.63, 3.8) is 0 Å². The average molecular weight is 288 g/mol. The van der Waals surface area contributed by atoms with Crippen LogP contribution in [0.15, 0.2) is 0 Å². The van der Waals surface area contributed by atoms with E-state index in [1.807, 2.05) is 0 Å². The second-order valence-electron chi connectivity index (χ2n) is 5.23. The van der Waals surface area contributed by atoms with Gasteiger partial charge in [-0.05, 0) is 12.8 Å². The van der Waals surface area contributed by atoms with E-state index in [2.05, 4.69) is 5.32 Å². The summed E-state index contributed by atoms with van der Waals surface area (Å²) in [6.45, 7) is 0.0955. The summed E-state index contributed by atoms with van der Waals surface area (Å²) in [5.74, 6) is -2.72. The molecule has 1 aliphatic rings. The van der Waals surface area contributed by atoms with E-state index in [0.29, 0.717) is 12.8 Å². The first-order valence-corrected chi connectivity index (χ1v) is 6.42. The van der Waals surface area contributed by atoms with Gasteiger partial charge in [0, 0.05) is 7.05 Å². The van der Waals surface area contributed by atoms with Gasteiger partial charge in [0.25, 0.3) is 0 Å². The highest BCUT2D eigenvalue weighted by molar-refractivity contribution is 5.86. The number of likely N-dealkylation sites (N-methyl/N-ethyl adjacent to an activating group) is 1. The van der Waals surface area contributed by atoms with E-state index in [0.717, 1.165) is 12.8 Å². The van der Waals surface area contributed by atoms with Crippen LogP contribution in [0.3, 0.4) is 0 Å². The highest BCUT2D eigenvalue weighted by Gasteiger charge is 2.34. The third-order valence-electron chi connectivity index (χ3n) is 3.39. The van der Waals surface area contributed by atoms with Crippen LogP contribution >= 0.6 is 0 Å². The number of urea groups is 1. The van der Waals surface area contributed by atoms with Crippen molar-refractivity contribution in [2.45, 2.75) is 43.7 Å². The zero-order valence-electron chi connectivity index (χ0n) is 11.3. The molecular weight excluding hydrogens is 268 g/mol. The third kappa shape index (κ3) is 4.69. The number of carboxylic acid groups (broad SMARTS) is 2. The van der Waals surface area contributed by atoms with Gasteiger partial charge in [0.05, 0.1) is 18.6 Å². The van der Waals surface area contributed by atoms with E-state index in [9.17, 15) is 19.5 Å². The molecule has 1 saturated carbocycles. The number of aliphatic hydroxyl groups is 1. The number of aliphatic carboxylic acids is 2. The Bertz CT molecular complexity index is 391. The van der Waals surface area contributed by atoms with Crippen molar-refractivity contribution in [3.05, 3.63) is 0 Å². The van der Waals surface area contributed by atoms with Crippen LogP contribution in [0.2, 0.25) is 0 Å². The molecule has 4 N–H and O–H groups in total. The smallest absolute Gasteiger partial charge is 0.326 e. The number of carbonyl (C=O) groups excluding carboxylic acids is 1. The molecule has 0 aromatic rings. The Morgan fingerprint density at radius 3 is 2.25 bits per heavy atom. The van der Waals surface area contributed by atoms with Gasteiger partial charge >= 0.3 is 18.0 Å². The quantitative estimate of drug-likeness (QED) is 0.539. The largest absolute Gasteiger partial charge is 0.481 e. The average Bonchev–Trinajstić information content (AvgIpc) is 2.73. The molecule has 114 valence electrons. The van der Waals surface area contributed by atoms with Gasteiger partial charge in [0.2, 0.25) is 0 Å². The van der Waals surface area contributed by atoms with Crippen molar-refractivity contribution >= 4 is 18.0 Å². The molecule has 0 aromatic heterocycles. The summed E-state index contributed by atoms with van der Waals surface area (Å²) in [6, 6.07) is -2.19. The maximum Gasteiger partial charge on any atom is 0.326 e. The molecule has 1 fully saturated rings. The minimum absolute atomic E-state index is 0.0955. The lowest BCUT2D eigenvalue weighted by Gasteiger charge is -2.29. The van der Waals surface area contributed by atoms with Crippen LogP contribution in [0.1, 0.15) is 32.1 Å². The number of nitrogens with one attached hydrogen (secondary N) is 1. The minimum Gasteiger partial charge on any atom is -0.481 e. The molecule has 0 spiro atoms. The molecule has 0 radical (unpaired) electrons. The Labute approximate surface area is 116 Å². The third-order valence-corrected chi connectivity index (χ3v) is 3.39. The maximum atomic E-state index is 11.8. The van der Waals surface area contributed by atoms with Gasteiger partial charge in [-0.15, -0.1) is 0 Å². The molecule has 0 heterocycles. The number of amides is 2. The number of hydrogen-bond acceptors (Lipinski definition) is 4. The fraction of sp³-hybridized carbons (Fsp3) is 0.750. The van der Waals surface area contributed by atoms with Crippen LogP contribution in [-0.4, -0.2) is 63.4 Å². The van der Waals surface area contributed by atoms with E-state index < -0.39 is 36.0 Å². The zero-order chi connectivity index (χ0) is 15.3. The van der Waals surface area contributed by atoms with Crippen LogP contribution in [0.25, 0.3) is 0 Å². The predicted octanol–water partition coefficient (Wildman–Crippen LogP) is -0.139. The summed E-state index contributed by atoms with van der Waals surface area (Å²) in [7, 11) is 1.44. The topological polar surface area (TPSA) is 127 Å². The molecule has 0 bridgehead atoms. The molecule has 0 aromatic carbocycles. The first-order valence-electron chi connectivity index (χ1n) is 6.42. The minimum atomic E-state index is -1.49. The van der Waals surface area contributed by atoms with Gasteiger partial charge in [-0.25, -0.2) is 9.59 Å². The molecule has 8 heteroatoms. The van der Waals surface area contributed by atoms with E-state index in [4.69, 9.17) is 10.2 Å². The van der Waals surface area contributed by atoms with Gasteiger partial charge in [0.1, 0.15) is 6.04 Å². The van der Waals surface area contributed by atoms with Crippen molar-refractivity contribution < 1.29 is 29.7 Å². The van der Waals surface area contributed by atoms with Crippen LogP contribution in [-0.2, 0) is 9.59 Å². The zero-order valence-corrected chi connectivity index (χ0v) is 11.3.